The fraction of sp³-hybridized carbons (Fsp3) is 0.615. The van der Waals surface area contributed by atoms with Gasteiger partial charge in [-0.25, -0.2) is 0 Å². The average molecular weight is 189 g/mol. The van der Waals surface area contributed by atoms with Crippen LogP contribution in [0.15, 0.2) is 12.3 Å². The second-order valence-corrected chi connectivity index (χ2v) is 4.87. The van der Waals surface area contributed by atoms with E-state index in [4.69, 9.17) is 0 Å². The van der Waals surface area contributed by atoms with E-state index in [1.54, 1.807) is 5.56 Å². The SMILES string of the molecule is CCC(C)(C)c1ccnc2c1CCC2. The summed E-state index contributed by atoms with van der Waals surface area (Å²) in [5, 5.41) is 0. The Balaban J connectivity index is 2.49. The van der Waals surface area contributed by atoms with E-state index in [2.05, 4.69) is 31.8 Å². The van der Waals surface area contributed by atoms with Crippen molar-refractivity contribution < 1.29 is 0 Å². The van der Waals surface area contributed by atoms with Crippen molar-refractivity contribution in [2.75, 3.05) is 0 Å². The molecular weight excluding hydrogens is 170 g/mol. The Kier molecular flexibility index (Phi) is 2.34. The van der Waals surface area contributed by atoms with Gasteiger partial charge in [0.05, 0.1) is 0 Å². The molecule has 0 aliphatic heterocycles. The predicted octanol–water partition coefficient (Wildman–Crippen LogP) is 3.26. The molecule has 0 aromatic carbocycles. The molecular formula is C13H19N. The van der Waals surface area contributed by atoms with Gasteiger partial charge >= 0.3 is 0 Å². The number of hydrogen-bond donors (Lipinski definition) is 0. The molecule has 0 saturated carbocycles. The molecule has 0 fully saturated rings. The van der Waals surface area contributed by atoms with Crippen LogP contribution in [-0.2, 0) is 18.3 Å². The van der Waals surface area contributed by atoms with Gasteiger partial charge in [-0.2, -0.15) is 0 Å². The van der Waals surface area contributed by atoms with Crippen molar-refractivity contribution in [2.24, 2.45) is 0 Å². The summed E-state index contributed by atoms with van der Waals surface area (Å²) in [6.07, 6.45) is 6.89. The minimum absolute atomic E-state index is 0.317. The Hall–Kier alpha value is -0.850. The van der Waals surface area contributed by atoms with Gasteiger partial charge in [-0.3, -0.25) is 4.98 Å². The fourth-order valence-electron chi connectivity index (χ4n) is 2.29. The Bertz CT molecular complexity index is 339. The maximum atomic E-state index is 4.47. The first-order valence-corrected chi connectivity index (χ1v) is 5.62. The first-order chi connectivity index (χ1) is 6.65. The summed E-state index contributed by atoms with van der Waals surface area (Å²) in [6.45, 7) is 6.93. The van der Waals surface area contributed by atoms with E-state index >= 15 is 0 Å². The number of fused-ring (bicyclic) bond motifs is 1. The highest BCUT2D eigenvalue weighted by atomic mass is 14.7. The molecule has 76 valence electrons. The van der Waals surface area contributed by atoms with Crippen molar-refractivity contribution in [2.45, 2.75) is 51.9 Å². The van der Waals surface area contributed by atoms with Gasteiger partial charge in [0.2, 0.25) is 0 Å². The van der Waals surface area contributed by atoms with Crippen molar-refractivity contribution in [1.29, 1.82) is 0 Å². The summed E-state index contributed by atoms with van der Waals surface area (Å²) < 4.78 is 0. The Morgan fingerprint density at radius 2 is 2.14 bits per heavy atom. The van der Waals surface area contributed by atoms with Crippen LogP contribution >= 0.6 is 0 Å². The number of hydrogen-bond acceptors (Lipinski definition) is 1. The lowest BCUT2D eigenvalue weighted by molar-refractivity contribution is 0.501. The molecule has 14 heavy (non-hydrogen) atoms. The fourth-order valence-corrected chi connectivity index (χ4v) is 2.29. The third-order valence-corrected chi connectivity index (χ3v) is 3.60. The first-order valence-electron chi connectivity index (χ1n) is 5.62. The van der Waals surface area contributed by atoms with Gasteiger partial charge < -0.3 is 0 Å². The third-order valence-electron chi connectivity index (χ3n) is 3.60. The molecule has 0 bridgehead atoms. The molecule has 0 radical (unpaired) electrons. The third kappa shape index (κ3) is 1.45. The van der Waals surface area contributed by atoms with Crippen molar-refractivity contribution in [1.82, 2.24) is 4.98 Å². The Morgan fingerprint density at radius 3 is 2.86 bits per heavy atom. The zero-order valence-corrected chi connectivity index (χ0v) is 9.43. The lowest BCUT2D eigenvalue weighted by atomic mass is 9.80. The minimum Gasteiger partial charge on any atom is -0.261 e. The monoisotopic (exact) mass is 189 g/mol. The molecule has 1 aromatic rings. The summed E-state index contributed by atoms with van der Waals surface area (Å²) in [7, 11) is 0. The number of pyridine rings is 1. The molecule has 0 saturated heterocycles. The zero-order chi connectivity index (χ0) is 10.2. The Morgan fingerprint density at radius 1 is 1.36 bits per heavy atom. The molecule has 0 N–H and O–H groups in total. The summed E-state index contributed by atoms with van der Waals surface area (Å²) in [5.41, 5.74) is 4.74. The number of aryl methyl sites for hydroxylation is 1. The molecule has 1 aromatic heterocycles. The molecule has 0 spiro atoms. The number of nitrogens with zero attached hydrogens (tertiary/aromatic N) is 1. The van der Waals surface area contributed by atoms with E-state index < -0.39 is 0 Å². The minimum atomic E-state index is 0.317. The zero-order valence-electron chi connectivity index (χ0n) is 9.43. The highest BCUT2D eigenvalue weighted by molar-refractivity contribution is 5.38. The molecule has 1 heterocycles. The second kappa shape index (κ2) is 3.38. The van der Waals surface area contributed by atoms with Crippen LogP contribution in [0.1, 0.15) is 50.4 Å². The quantitative estimate of drug-likeness (QED) is 0.696. The van der Waals surface area contributed by atoms with E-state index in [9.17, 15) is 0 Å². The Labute approximate surface area is 86.6 Å². The molecule has 0 unspecified atom stereocenters. The van der Waals surface area contributed by atoms with Crippen molar-refractivity contribution in [3.05, 3.63) is 29.1 Å². The lowest BCUT2D eigenvalue weighted by Crippen LogP contribution is -2.18. The van der Waals surface area contributed by atoms with Crippen LogP contribution in [0.4, 0.5) is 0 Å². The van der Waals surface area contributed by atoms with Gasteiger partial charge in [0.15, 0.2) is 0 Å². The number of aromatic nitrogens is 1. The van der Waals surface area contributed by atoms with Crippen LogP contribution in [0, 0.1) is 0 Å². The van der Waals surface area contributed by atoms with Gasteiger partial charge in [-0.15, -0.1) is 0 Å². The van der Waals surface area contributed by atoms with Crippen LogP contribution in [0.5, 0.6) is 0 Å². The van der Waals surface area contributed by atoms with Gasteiger partial charge in [0, 0.05) is 11.9 Å². The second-order valence-electron chi connectivity index (χ2n) is 4.87. The van der Waals surface area contributed by atoms with E-state index in [1.165, 1.54) is 36.9 Å². The van der Waals surface area contributed by atoms with E-state index in [-0.39, 0.29) is 0 Å². The summed E-state index contributed by atoms with van der Waals surface area (Å²) in [6, 6.07) is 2.22. The molecule has 2 rings (SSSR count). The average Bonchev–Trinajstić information content (AvgIpc) is 2.64. The smallest absolute Gasteiger partial charge is 0.0438 e. The first kappa shape index (κ1) is 9.70. The lowest BCUT2D eigenvalue weighted by Gasteiger charge is -2.25. The largest absolute Gasteiger partial charge is 0.261 e. The van der Waals surface area contributed by atoms with Crippen LogP contribution in [-0.4, -0.2) is 4.98 Å². The van der Waals surface area contributed by atoms with Gasteiger partial charge in [-0.1, -0.05) is 20.8 Å². The number of rotatable bonds is 2. The molecule has 1 aliphatic rings. The molecule has 1 aliphatic carbocycles. The topological polar surface area (TPSA) is 12.9 Å². The molecule has 0 amide bonds. The summed E-state index contributed by atoms with van der Waals surface area (Å²) in [4.78, 5) is 4.47. The maximum Gasteiger partial charge on any atom is 0.0438 e. The van der Waals surface area contributed by atoms with Gasteiger partial charge in [0.1, 0.15) is 0 Å². The van der Waals surface area contributed by atoms with Crippen molar-refractivity contribution in [3.8, 4) is 0 Å². The van der Waals surface area contributed by atoms with E-state index in [1.807, 2.05) is 6.20 Å². The normalized spacial score (nSPS) is 15.6. The molecule has 1 heteroatoms. The highest BCUT2D eigenvalue weighted by Crippen LogP contribution is 2.34. The summed E-state index contributed by atoms with van der Waals surface area (Å²) in [5.74, 6) is 0. The van der Waals surface area contributed by atoms with Crippen molar-refractivity contribution in [3.63, 3.8) is 0 Å². The van der Waals surface area contributed by atoms with E-state index in [0.29, 0.717) is 5.41 Å². The van der Waals surface area contributed by atoms with Crippen molar-refractivity contribution >= 4 is 0 Å². The molecule has 1 nitrogen and oxygen atoms in total. The van der Waals surface area contributed by atoms with Crippen LogP contribution in [0.25, 0.3) is 0 Å². The van der Waals surface area contributed by atoms with Gasteiger partial charge in [-0.05, 0) is 48.3 Å². The standard InChI is InChI=1S/C13H19N/c1-4-13(2,3)11-8-9-14-12-7-5-6-10(11)12/h8-9H,4-7H2,1-3H3. The van der Waals surface area contributed by atoms with Crippen LogP contribution in [0.2, 0.25) is 0 Å². The van der Waals surface area contributed by atoms with Crippen LogP contribution in [0.3, 0.4) is 0 Å². The predicted molar refractivity (Wildman–Crippen MR) is 59.6 cm³/mol. The highest BCUT2D eigenvalue weighted by Gasteiger charge is 2.25. The van der Waals surface area contributed by atoms with E-state index in [0.717, 1.165) is 0 Å². The molecule has 0 atom stereocenters. The van der Waals surface area contributed by atoms with Crippen LogP contribution < -0.4 is 0 Å². The maximum absolute atomic E-state index is 4.47. The van der Waals surface area contributed by atoms with Gasteiger partial charge in [0.25, 0.3) is 0 Å². The summed E-state index contributed by atoms with van der Waals surface area (Å²) >= 11 is 0.